The summed E-state index contributed by atoms with van der Waals surface area (Å²) < 4.78 is 24.8. The number of ether oxygens (including phenoxy) is 2. The number of esters is 1. The summed E-state index contributed by atoms with van der Waals surface area (Å²) in [7, 11) is 1.85. The molecule has 1 aliphatic carbocycles. The molecule has 4 rings (SSSR count). The molecule has 2 aromatic rings. The first kappa shape index (κ1) is 16.3. The Hall–Kier alpha value is -2.22. The fourth-order valence-electron chi connectivity index (χ4n) is 3.20. The lowest BCUT2D eigenvalue weighted by Crippen LogP contribution is -2.28. The van der Waals surface area contributed by atoms with Crippen LogP contribution in [0.3, 0.4) is 0 Å². The van der Waals surface area contributed by atoms with E-state index in [0.717, 1.165) is 24.1 Å². The molecule has 0 bridgehead atoms. The van der Waals surface area contributed by atoms with Crippen molar-refractivity contribution in [3.05, 3.63) is 17.5 Å². The van der Waals surface area contributed by atoms with Gasteiger partial charge in [-0.3, -0.25) is 4.90 Å². The molecule has 0 unspecified atom stereocenters. The highest BCUT2D eigenvalue weighted by atomic mass is 19.1. The summed E-state index contributed by atoms with van der Waals surface area (Å²) in [4.78, 5) is 25.8. The van der Waals surface area contributed by atoms with Crippen LogP contribution in [0.5, 0.6) is 6.01 Å². The van der Waals surface area contributed by atoms with Crippen LogP contribution < -0.4 is 4.74 Å². The van der Waals surface area contributed by atoms with Gasteiger partial charge in [0.1, 0.15) is 11.8 Å². The number of carbonyl (C=O) groups excluding carboxylic acids is 1. The van der Waals surface area contributed by atoms with Crippen LogP contribution in [-0.4, -0.2) is 64.8 Å². The van der Waals surface area contributed by atoms with E-state index in [9.17, 15) is 9.18 Å². The van der Waals surface area contributed by atoms with Crippen LogP contribution in [0.2, 0.25) is 0 Å². The monoisotopic (exact) mass is 348 g/mol. The number of likely N-dealkylation sites (tertiary alicyclic amines) is 1. The summed E-state index contributed by atoms with van der Waals surface area (Å²) >= 11 is 0. The Morgan fingerprint density at radius 1 is 1.40 bits per heavy atom. The van der Waals surface area contributed by atoms with E-state index in [-0.39, 0.29) is 6.01 Å². The second-order valence-corrected chi connectivity index (χ2v) is 6.72. The number of likely N-dealkylation sites (N-methyl/N-ethyl adjacent to an activating group) is 1. The molecule has 25 heavy (non-hydrogen) atoms. The van der Waals surface area contributed by atoms with Crippen LogP contribution in [-0.2, 0) is 4.74 Å². The van der Waals surface area contributed by atoms with Gasteiger partial charge in [0.2, 0.25) is 0 Å². The van der Waals surface area contributed by atoms with Crippen molar-refractivity contribution in [1.29, 1.82) is 0 Å². The van der Waals surface area contributed by atoms with Crippen molar-refractivity contribution < 1.29 is 18.7 Å². The Bertz CT molecular complexity index is 805. The molecule has 1 N–H and O–H groups in total. The van der Waals surface area contributed by atoms with Crippen molar-refractivity contribution in [2.45, 2.75) is 38.0 Å². The first-order valence-electron chi connectivity index (χ1n) is 8.62. The minimum atomic E-state index is -1.06. The summed E-state index contributed by atoms with van der Waals surface area (Å²) in [6.45, 7) is 2.91. The molecule has 7 nitrogen and oxygen atoms in total. The second-order valence-electron chi connectivity index (χ2n) is 6.72. The van der Waals surface area contributed by atoms with E-state index in [1.807, 2.05) is 11.9 Å². The normalized spacial score (nSPS) is 24.0. The molecule has 3 heterocycles. The maximum Gasteiger partial charge on any atom is 0.354 e. The smallest absolute Gasteiger partial charge is 0.354 e. The molecule has 8 heteroatoms. The lowest BCUT2D eigenvalue weighted by molar-refractivity contribution is 0.0520. The lowest BCUT2D eigenvalue weighted by Gasteiger charge is -2.14. The third-order valence-electron chi connectivity index (χ3n) is 4.58. The summed E-state index contributed by atoms with van der Waals surface area (Å²) in [5, 5.41) is 0. The Kier molecular flexibility index (Phi) is 4.07. The molecule has 2 fully saturated rings. The average Bonchev–Trinajstić information content (AvgIpc) is 3.24. The maximum atomic E-state index is 14.0. The van der Waals surface area contributed by atoms with Gasteiger partial charge in [-0.2, -0.15) is 9.97 Å². The highest BCUT2D eigenvalue weighted by Gasteiger charge is 2.34. The molecule has 1 saturated carbocycles. The molecule has 1 saturated heterocycles. The van der Waals surface area contributed by atoms with Gasteiger partial charge in [-0.25, -0.2) is 9.18 Å². The number of alkyl halides is 1. The van der Waals surface area contributed by atoms with Crippen LogP contribution in [0, 0.1) is 0 Å². The molecular weight excluding hydrogens is 327 g/mol. The van der Waals surface area contributed by atoms with E-state index in [2.05, 4.69) is 15.0 Å². The molecule has 2 aromatic heterocycles. The summed E-state index contributed by atoms with van der Waals surface area (Å²) in [6, 6.07) is 1.81. The van der Waals surface area contributed by atoms with E-state index in [1.54, 1.807) is 13.0 Å². The van der Waals surface area contributed by atoms with Crippen LogP contribution >= 0.6 is 0 Å². The van der Waals surface area contributed by atoms with E-state index in [1.165, 1.54) is 0 Å². The zero-order chi connectivity index (χ0) is 17.6. The van der Waals surface area contributed by atoms with Crippen molar-refractivity contribution in [2.24, 2.45) is 0 Å². The van der Waals surface area contributed by atoms with Crippen LogP contribution in [0.25, 0.3) is 11.0 Å². The number of carbonyl (C=O) groups is 1. The van der Waals surface area contributed by atoms with Gasteiger partial charge in [0.05, 0.1) is 23.3 Å². The van der Waals surface area contributed by atoms with Crippen LogP contribution in [0.1, 0.15) is 41.9 Å². The molecule has 134 valence electrons. The van der Waals surface area contributed by atoms with Gasteiger partial charge in [0.25, 0.3) is 0 Å². The molecule has 2 aliphatic rings. The molecule has 2 atom stereocenters. The summed E-state index contributed by atoms with van der Waals surface area (Å²) in [5.41, 5.74) is 2.50. The minimum absolute atomic E-state index is 0.173. The summed E-state index contributed by atoms with van der Waals surface area (Å²) in [5.74, 6) is -0.0973. The van der Waals surface area contributed by atoms with Gasteiger partial charge in [-0.15, -0.1) is 0 Å². The van der Waals surface area contributed by atoms with Crippen molar-refractivity contribution in [1.82, 2.24) is 19.9 Å². The van der Waals surface area contributed by atoms with Crippen LogP contribution in [0.4, 0.5) is 4.39 Å². The fraction of sp³-hybridized carbons (Fsp3) is 0.588. The van der Waals surface area contributed by atoms with Gasteiger partial charge >= 0.3 is 12.0 Å². The quantitative estimate of drug-likeness (QED) is 0.833. The fourth-order valence-corrected chi connectivity index (χ4v) is 3.20. The SMILES string of the molecule is CCOC(=O)c1cc2nc(O[C@H]3CN(C)C[C@H]3F)nc(C3CC3)c2[nH]1. The Morgan fingerprint density at radius 2 is 2.20 bits per heavy atom. The van der Waals surface area contributed by atoms with Gasteiger partial charge in [-0.05, 0) is 32.9 Å². The van der Waals surface area contributed by atoms with E-state index in [4.69, 9.17) is 9.47 Å². The molecule has 0 radical (unpaired) electrons. The summed E-state index contributed by atoms with van der Waals surface area (Å²) in [6.07, 6.45) is 0.446. The number of aromatic amines is 1. The van der Waals surface area contributed by atoms with Crippen molar-refractivity contribution in [3.8, 4) is 6.01 Å². The number of nitrogens with one attached hydrogen (secondary N) is 1. The highest BCUT2D eigenvalue weighted by Crippen LogP contribution is 2.42. The van der Waals surface area contributed by atoms with Gasteiger partial charge in [0.15, 0.2) is 6.17 Å². The van der Waals surface area contributed by atoms with Gasteiger partial charge in [0, 0.05) is 19.0 Å². The molecular formula is C17H21FN4O3. The number of hydrogen-bond donors (Lipinski definition) is 1. The van der Waals surface area contributed by atoms with Gasteiger partial charge in [-0.1, -0.05) is 0 Å². The molecule has 0 amide bonds. The Labute approximate surface area is 144 Å². The first-order valence-corrected chi connectivity index (χ1v) is 8.62. The van der Waals surface area contributed by atoms with E-state index in [0.29, 0.717) is 36.8 Å². The zero-order valence-electron chi connectivity index (χ0n) is 14.3. The highest BCUT2D eigenvalue weighted by molar-refractivity contribution is 5.94. The molecule has 0 spiro atoms. The number of aromatic nitrogens is 3. The van der Waals surface area contributed by atoms with E-state index >= 15 is 0 Å². The lowest BCUT2D eigenvalue weighted by atomic mass is 10.2. The Morgan fingerprint density at radius 3 is 2.84 bits per heavy atom. The maximum absolute atomic E-state index is 14.0. The standard InChI is InChI=1S/C17H21FN4O3/c1-3-24-16(23)12-6-11-15(19-12)14(9-4-5-9)21-17(20-11)25-13-8-22(2)7-10(13)18/h6,9-10,13,19H,3-5,7-8H2,1-2H3/t10-,13+/m1/s1. The van der Waals surface area contributed by atoms with Crippen molar-refractivity contribution >= 4 is 17.0 Å². The van der Waals surface area contributed by atoms with Crippen LogP contribution in [0.15, 0.2) is 6.07 Å². The largest absolute Gasteiger partial charge is 0.461 e. The second kappa shape index (κ2) is 6.25. The van der Waals surface area contributed by atoms with Crippen molar-refractivity contribution in [3.63, 3.8) is 0 Å². The first-order chi connectivity index (χ1) is 12.0. The Balaban J connectivity index is 1.67. The number of rotatable bonds is 5. The zero-order valence-corrected chi connectivity index (χ0v) is 14.3. The third kappa shape index (κ3) is 3.18. The number of nitrogens with zero attached hydrogens (tertiary/aromatic N) is 3. The minimum Gasteiger partial charge on any atom is -0.461 e. The predicted octanol–water partition coefficient (Wildman–Crippen LogP) is 2.04. The number of H-pyrrole nitrogens is 1. The van der Waals surface area contributed by atoms with Crippen molar-refractivity contribution in [2.75, 3.05) is 26.7 Å². The topological polar surface area (TPSA) is 80.3 Å². The molecule has 1 aliphatic heterocycles. The molecule has 0 aromatic carbocycles. The number of halogens is 1. The predicted molar refractivity (Wildman–Crippen MR) is 88.6 cm³/mol. The average molecular weight is 348 g/mol. The number of fused-ring (bicyclic) bond motifs is 1. The van der Waals surface area contributed by atoms with E-state index < -0.39 is 18.2 Å². The number of hydrogen-bond acceptors (Lipinski definition) is 6. The van der Waals surface area contributed by atoms with Gasteiger partial charge < -0.3 is 14.5 Å². The third-order valence-corrected chi connectivity index (χ3v) is 4.58.